The second-order valence-electron chi connectivity index (χ2n) is 3.72. The van der Waals surface area contributed by atoms with Crippen LogP contribution in [0.15, 0.2) is 24.3 Å². The van der Waals surface area contributed by atoms with E-state index in [0.717, 1.165) is 31.9 Å². The minimum absolute atomic E-state index is 0. The third-order valence-corrected chi connectivity index (χ3v) is 2.58. The molecule has 0 spiro atoms. The van der Waals surface area contributed by atoms with Crippen LogP contribution >= 0.6 is 24.8 Å². The molecule has 7 heteroatoms. The van der Waals surface area contributed by atoms with Crippen LogP contribution in [0.5, 0.6) is 0 Å². The van der Waals surface area contributed by atoms with E-state index in [9.17, 15) is 4.79 Å². The van der Waals surface area contributed by atoms with Gasteiger partial charge in [0.05, 0.1) is 0 Å². The number of carboxylic acid groups (broad SMARTS) is 1. The second-order valence-corrected chi connectivity index (χ2v) is 3.72. The molecule has 1 fully saturated rings. The zero-order chi connectivity index (χ0) is 11.4. The van der Waals surface area contributed by atoms with Crippen LogP contribution < -0.4 is 15.5 Å². The number of hydrogen-bond donors (Lipinski definition) is 3. The normalized spacial score (nSPS) is 14.1. The van der Waals surface area contributed by atoms with Crippen LogP contribution in [0.25, 0.3) is 0 Å². The first kappa shape index (κ1) is 16.8. The van der Waals surface area contributed by atoms with Crippen molar-refractivity contribution in [1.29, 1.82) is 0 Å². The molecule has 0 saturated carbocycles. The van der Waals surface area contributed by atoms with E-state index in [1.807, 2.05) is 18.2 Å². The lowest BCUT2D eigenvalue weighted by molar-refractivity contribution is 0.210. The van der Waals surface area contributed by atoms with Gasteiger partial charge < -0.3 is 15.3 Å². The average molecular weight is 294 g/mol. The van der Waals surface area contributed by atoms with Gasteiger partial charge in [0.15, 0.2) is 0 Å². The summed E-state index contributed by atoms with van der Waals surface area (Å²) in [7, 11) is 0. The number of amides is 1. The van der Waals surface area contributed by atoms with E-state index in [1.54, 1.807) is 6.07 Å². The Labute approximate surface area is 118 Å². The van der Waals surface area contributed by atoms with E-state index >= 15 is 0 Å². The predicted octanol–water partition coefficient (Wildman–Crippen LogP) is 2.03. The molecule has 0 aromatic heterocycles. The number of nitrogens with zero attached hydrogens (tertiary/aromatic N) is 1. The number of benzene rings is 1. The highest BCUT2D eigenvalue weighted by Crippen LogP contribution is 2.19. The van der Waals surface area contributed by atoms with Crippen molar-refractivity contribution in [3.05, 3.63) is 24.3 Å². The van der Waals surface area contributed by atoms with Crippen LogP contribution in [0.4, 0.5) is 16.2 Å². The fourth-order valence-corrected chi connectivity index (χ4v) is 1.83. The summed E-state index contributed by atoms with van der Waals surface area (Å²) in [4.78, 5) is 12.8. The van der Waals surface area contributed by atoms with Gasteiger partial charge in [-0.15, -0.1) is 24.8 Å². The quantitative estimate of drug-likeness (QED) is 0.781. The lowest BCUT2D eigenvalue weighted by Crippen LogP contribution is -2.43. The van der Waals surface area contributed by atoms with Gasteiger partial charge in [-0.3, -0.25) is 5.32 Å². The largest absolute Gasteiger partial charge is 0.465 e. The highest BCUT2D eigenvalue weighted by Gasteiger charge is 2.10. The van der Waals surface area contributed by atoms with Crippen molar-refractivity contribution in [2.75, 3.05) is 36.4 Å². The van der Waals surface area contributed by atoms with Crippen molar-refractivity contribution >= 4 is 42.3 Å². The van der Waals surface area contributed by atoms with Gasteiger partial charge in [0, 0.05) is 37.6 Å². The summed E-state index contributed by atoms with van der Waals surface area (Å²) in [6.07, 6.45) is -1.03. The van der Waals surface area contributed by atoms with E-state index in [4.69, 9.17) is 5.11 Å². The van der Waals surface area contributed by atoms with E-state index < -0.39 is 6.09 Å². The number of nitrogens with one attached hydrogen (secondary N) is 2. The van der Waals surface area contributed by atoms with Gasteiger partial charge in [-0.2, -0.15) is 0 Å². The van der Waals surface area contributed by atoms with Crippen molar-refractivity contribution in [2.24, 2.45) is 0 Å². The van der Waals surface area contributed by atoms with Crippen molar-refractivity contribution in [2.45, 2.75) is 0 Å². The molecule has 1 saturated heterocycles. The van der Waals surface area contributed by atoms with E-state index in [2.05, 4.69) is 15.5 Å². The maximum Gasteiger partial charge on any atom is 0.409 e. The number of carbonyl (C=O) groups is 1. The molecule has 0 radical (unpaired) electrons. The fraction of sp³-hybridized carbons (Fsp3) is 0.364. The van der Waals surface area contributed by atoms with Crippen molar-refractivity contribution in [3.63, 3.8) is 0 Å². The topological polar surface area (TPSA) is 64.6 Å². The Hall–Kier alpha value is -1.17. The second kappa shape index (κ2) is 8.02. The van der Waals surface area contributed by atoms with Crippen LogP contribution in [0, 0.1) is 0 Å². The highest BCUT2D eigenvalue weighted by molar-refractivity contribution is 5.85. The molecule has 0 unspecified atom stereocenters. The van der Waals surface area contributed by atoms with Crippen LogP contribution in [0.2, 0.25) is 0 Å². The van der Waals surface area contributed by atoms with Crippen LogP contribution in [-0.2, 0) is 0 Å². The van der Waals surface area contributed by atoms with Gasteiger partial charge in [0.2, 0.25) is 0 Å². The van der Waals surface area contributed by atoms with Gasteiger partial charge in [0.1, 0.15) is 0 Å². The molecule has 5 nitrogen and oxygen atoms in total. The fourth-order valence-electron chi connectivity index (χ4n) is 1.83. The molecule has 18 heavy (non-hydrogen) atoms. The minimum atomic E-state index is -1.03. The first-order valence-electron chi connectivity index (χ1n) is 5.31. The summed E-state index contributed by atoms with van der Waals surface area (Å²) in [5, 5.41) is 14.3. The molecule has 1 aromatic rings. The summed E-state index contributed by atoms with van der Waals surface area (Å²) >= 11 is 0. The van der Waals surface area contributed by atoms with E-state index in [0.29, 0.717) is 5.69 Å². The van der Waals surface area contributed by atoms with Gasteiger partial charge in [-0.25, -0.2) is 4.79 Å². The van der Waals surface area contributed by atoms with Crippen LogP contribution in [-0.4, -0.2) is 37.4 Å². The number of rotatable bonds is 2. The minimum Gasteiger partial charge on any atom is -0.465 e. The van der Waals surface area contributed by atoms with Gasteiger partial charge in [-0.05, 0) is 18.2 Å². The summed E-state index contributed by atoms with van der Waals surface area (Å²) in [6, 6.07) is 7.47. The van der Waals surface area contributed by atoms with Crippen molar-refractivity contribution < 1.29 is 9.90 Å². The van der Waals surface area contributed by atoms with Gasteiger partial charge in [-0.1, -0.05) is 6.07 Å². The predicted molar refractivity (Wildman–Crippen MR) is 77.7 cm³/mol. The molecule has 1 aromatic carbocycles. The third kappa shape index (κ3) is 4.60. The van der Waals surface area contributed by atoms with Crippen LogP contribution in [0.3, 0.4) is 0 Å². The Morgan fingerprint density at radius 1 is 1.28 bits per heavy atom. The average Bonchev–Trinajstić information content (AvgIpc) is 2.30. The monoisotopic (exact) mass is 293 g/mol. The van der Waals surface area contributed by atoms with E-state index in [-0.39, 0.29) is 24.8 Å². The Kier molecular flexibility index (Phi) is 7.50. The first-order chi connectivity index (χ1) is 7.75. The zero-order valence-electron chi connectivity index (χ0n) is 9.76. The molecule has 1 aliphatic rings. The zero-order valence-corrected chi connectivity index (χ0v) is 11.4. The molecular weight excluding hydrogens is 277 g/mol. The van der Waals surface area contributed by atoms with Crippen molar-refractivity contribution in [3.8, 4) is 0 Å². The number of piperazine rings is 1. The van der Waals surface area contributed by atoms with Crippen LogP contribution in [0.1, 0.15) is 0 Å². The Bertz CT molecular complexity index is 384. The molecule has 1 heterocycles. The summed E-state index contributed by atoms with van der Waals surface area (Å²) < 4.78 is 0. The number of halogens is 2. The molecule has 102 valence electrons. The molecule has 0 aliphatic carbocycles. The maximum absolute atomic E-state index is 10.5. The standard InChI is InChI=1S/C11H15N3O2.2ClH/c15-11(16)13-9-2-1-3-10(8-9)14-6-4-12-5-7-14;;/h1-3,8,12-13H,4-7H2,(H,15,16);2*1H. The molecular formula is C11H17Cl2N3O2. The Balaban J connectivity index is 0.00000144. The Morgan fingerprint density at radius 2 is 1.94 bits per heavy atom. The Morgan fingerprint density at radius 3 is 2.56 bits per heavy atom. The number of anilines is 2. The van der Waals surface area contributed by atoms with Gasteiger partial charge in [0.25, 0.3) is 0 Å². The molecule has 3 N–H and O–H groups in total. The SMILES string of the molecule is Cl.Cl.O=C(O)Nc1cccc(N2CCNCC2)c1. The summed E-state index contributed by atoms with van der Waals surface area (Å²) in [5.41, 5.74) is 1.68. The number of hydrogen-bond acceptors (Lipinski definition) is 3. The third-order valence-electron chi connectivity index (χ3n) is 2.58. The smallest absolute Gasteiger partial charge is 0.409 e. The first-order valence-corrected chi connectivity index (χ1v) is 5.31. The molecule has 1 amide bonds. The summed E-state index contributed by atoms with van der Waals surface area (Å²) in [6.45, 7) is 3.85. The highest BCUT2D eigenvalue weighted by atomic mass is 35.5. The molecule has 0 bridgehead atoms. The molecule has 0 atom stereocenters. The van der Waals surface area contributed by atoms with Gasteiger partial charge >= 0.3 is 6.09 Å². The molecule has 1 aliphatic heterocycles. The molecule has 2 rings (SSSR count). The van der Waals surface area contributed by atoms with Crippen molar-refractivity contribution in [1.82, 2.24) is 5.32 Å². The summed E-state index contributed by atoms with van der Waals surface area (Å²) in [5.74, 6) is 0. The lowest BCUT2D eigenvalue weighted by atomic mass is 10.2. The maximum atomic E-state index is 10.5. The lowest BCUT2D eigenvalue weighted by Gasteiger charge is -2.29. The van der Waals surface area contributed by atoms with E-state index in [1.165, 1.54) is 0 Å².